The number of hydrogen-bond acceptors (Lipinski definition) is 4. The van der Waals surface area contributed by atoms with E-state index < -0.39 is 0 Å². The predicted molar refractivity (Wildman–Crippen MR) is 96.6 cm³/mol. The predicted octanol–water partition coefficient (Wildman–Crippen LogP) is 5.12. The van der Waals surface area contributed by atoms with Gasteiger partial charge in [-0.05, 0) is 17.7 Å². The van der Waals surface area contributed by atoms with Gasteiger partial charge >= 0.3 is 0 Å². The summed E-state index contributed by atoms with van der Waals surface area (Å²) in [6.07, 6.45) is 4.14. The van der Waals surface area contributed by atoms with Gasteiger partial charge in [0.25, 0.3) is 0 Å². The van der Waals surface area contributed by atoms with Crippen LogP contribution in [0.25, 0.3) is 16.3 Å². The molecular weight excluding hydrogens is 310 g/mol. The smallest absolute Gasteiger partial charge is 0.151 e. The second-order valence-corrected chi connectivity index (χ2v) is 7.06. The van der Waals surface area contributed by atoms with E-state index in [1.807, 2.05) is 24.3 Å². The molecule has 3 rings (SSSR count). The fourth-order valence-corrected chi connectivity index (χ4v) is 3.99. The molecule has 0 amide bonds. The summed E-state index contributed by atoms with van der Waals surface area (Å²) in [5, 5.41) is 0. The molecule has 0 N–H and O–H groups in total. The van der Waals surface area contributed by atoms with E-state index in [0.29, 0.717) is 6.61 Å². The number of nitrogens with zero attached hydrogens (tertiary/aromatic N) is 1. The Bertz CT molecular complexity index is 704. The second-order valence-electron chi connectivity index (χ2n) is 4.68. The number of rotatable bonds is 7. The van der Waals surface area contributed by atoms with Crippen molar-refractivity contribution in [3.05, 3.63) is 66.2 Å². The fraction of sp³-hybridized carbons (Fsp3) is 0.167. The summed E-state index contributed by atoms with van der Waals surface area (Å²) in [4.78, 5) is 4.60. The fourth-order valence-electron chi connectivity index (χ4n) is 2.00. The van der Waals surface area contributed by atoms with Crippen molar-refractivity contribution in [2.75, 3.05) is 19.0 Å². The normalized spacial score (nSPS) is 11.5. The number of aromatic nitrogens is 1. The van der Waals surface area contributed by atoms with Crippen molar-refractivity contribution in [1.82, 2.24) is 4.98 Å². The van der Waals surface area contributed by atoms with Gasteiger partial charge in [0.05, 0.1) is 23.4 Å². The quantitative estimate of drug-likeness (QED) is 0.444. The first-order valence-electron chi connectivity index (χ1n) is 7.19. The van der Waals surface area contributed by atoms with Crippen LogP contribution in [0.4, 0.5) is 0 Å². The third-order valence-corrected chi connectivity index (χ3v) is 5.20. The molecule has 22 heavy (non-hydrogen) atoms. The van der Waals surface area contributed by atoms with Crippen LogP contribution in [0.5, 0.6) is 0 Å². The van der Waals surface area contributed by atoms with Gasteiger partial charge in [-0.15, -0.1) is 11.3 Å². The van der Waals surface area contributed by atoms with Crippen LogP contribution in [-0.2, 0) is 4.74 Å². The van der Waals surface area contributed by atoms with E-state index in [1.165, 1.54) is 10.3 Å². The first-order chi connectivity index (χ1) is 10.9. The Balaban J connectivity index is 1.36. The van der Waals surface area contributed by atoms with Crippen LogP contribution >= 0.6 is 23.1 Å². The third kappa shape index (κ3) is 4.44. The molecule has 3 aromatic rings. The molecule has 4 heteroatoms. The highest BCUT2D eigenvalue weighted by Gasteiger charge is 2.02. The van der Waals surface area contributed by atoms with E-state index in [1.54, 1.807) is 23.1 Å². The number of para-hydroxylation sites is 1. The zero-order valence-electron chi connectivity index (χ0n) is 12.1. The molecule has 0 aliphatic heterocycles. The van der Waals surface area contributed by atoms with Gasteiger partial charge in [-0.25, -0.2) is 4.98 Å². The second kappa shape index (κ2) is 8.13. The van der Waals surface area contributed by atoms with Crippen molar-refractivity contribution in [2.45, 2.75) is 4.34 Å². The topological polar surface area (TPSA) is 22.1 Å². The van der Waals surface area contributed by atoms with Crippen LogP contribution < -0.4 is 0 Å². The lowest BCUT2D eigenvalue weighted by atomic mass is 10.2. The molecule has 0 saturated heterocycles. The minimum Gasteiger partial charge on any atom is -0.377 e. The highest BCUT2D eigenvalue weighted by Crippen LogP contribution is 2.28. The lowest BCUT2D eigenvalue weighted by molar-refractivity contribution is 0.181. The van der Waals surface area contributed by atoms with Crippen molar-refractivity contribution in [3.63, 3.8) is 0 Å². The standard InChI is InChI=1S/C18H17NOS2/c1-2-7-15(8-3-1)9-6-12-20-13-14-21-18-19-16-10-4-5-11-17(16)22-18/h1-11H,12-14H2. The number of fused-ring (bicyclic) bond motifs is 1. The number of benzene rings is 2. The van der Waals surface area contributed by atoms with Gasteiger partial charge in [0.2, 0.25) is 0 Å². The Labute approximate surface area is 138 Å². The lowest BCUT2D eigenvalue weighted by Crippen LogP contribution is -1.96. The molecule has 0 unspecified atom stereocenters. The maximum absolute atomic E-state index is 5.62. The van der Waals surface area contributed by atoms with Crippen molar-refractivity contribution in [2.24, 2.45) is 0 Å². The van der Waals surface area contributed by atoms with E-state index >= 15 is 0 Å². The average molecular weight is 327 g/mol. The Morgan fingerprint density at radius 2 is 1.86 bits per heavy atom. The van der Waals surface area contributed by atoms with Gasteiger partial charge in [-0.1, -0.05) is 66.4 Å². The Kier molecular flexibility index (Phi) is 5.65. The Morgan fingerprint density at radius 3 is 2.73 bits per heavy atom. The van der Waals surface area contributed by atoms with Gasteiger partial charge in [0.1, 0.15) is 0 Å². The summed E-state index contributed by atoms with van der Waals surface area (Å²) >= 11 is 3.50. The molecule has 2 aromatic carbocycles. The zero-order valence-corrected chi connectivity index (χ0v) is 13.8. The van der Waals surface area contributed by atoms with E-state index in [4.69, 9.17) is 4.74 Å². The molecule has 0 atom stereocenters. The number of hydrogen-bond donors (Lipinski definition) is 0. The highest BCUT2D eigenvalue weighted by molar-refractivity contribution is 8.01. The molecule has 1 heterocycles. The van der Waals surface area contributed by atoms with E-state index in [-0.39, 0.29) is 0 Å². The van der Waals surface area contributed by atoms with Crippen LogP contribution in [0.1, 0.15) is 5.56 Å². The lowest BCUT2D eigenvalue weighted by Gasteiger charge is -1.99. The molecule has 0 saturated carbocycles. The van der Waals surface area contributed by atoms with Crippen molar-refractivity contribution >= 4 is 39.4 Å². The molecule has 0 spiro atoms. The van der Waals surface area contributed by atoms with Crippen molar-refractivity contribution < 1.29 is 4.74 Å². The van der Waals surface area contributed by atoms with Crippen LogP contribution in [0.15, 0.2) is 65.0 Å². The van der Waals surface area contributed by atoms with Gasteiger partial charge < -0.3 is 4.74 Å². The molecule has 0 bridgehead atoms. The van der Waals surface area contributed by atoms with Crippen LogP contribution in [0.2, 0.25) is 0 Å². The van der Waals surface area contributed by atoms with Crippen molar-refractivity contribution in [3.8, 4) is 0 Å². The number of thiazole rings is 1. The maximum Gasteiger partial charge on any atom is 0.151 e. The van der Waals surface area contributed by atoms with Crippen LogP contribution in [-0.4, -0.2) is 24.0 Å². The average Bonchev–Trinajstić information content (AvgIpc) is 2.97. The Hall–Kier alpha value is -1.62. The molecule has 0 fully saturated rings. The maximum atomic E-state index is 5.62. The van der Waals surface area contributed by atoms with E-state index in [2.05, 4.69) is 47.5 Å². The number of ether oxygens (including phenoxy) is 1. The monoisotopic (exact) mass is 327 g/mol. The van der Waals surface area contributed by atoms with Crippen LogP contribution in [0, 0.1) is 0 Å². The molecule has 1 aromatic heterocycles. The van der Waals surface area contributed by atoms with Gasteiger partial charge in [-0.2, -0.15) is 0 Å². The van der Waals surface area contributed by atoms with Gasteiger partial charge in [0, 0.05) is 5.75 Å². The molecule has 112 valence electrons. The first-order valence-corrected chi connectivity index (χ1v) is 9.00. The first kappa shape index (κ1) is 15.3. The summed E-state index contributed by atoms with van der Waals surface area (Å²) in [5.41, 5.74) is 2.29. The molecule has 0 aliphatic rings. The van der Waals surface area contributed by atoms with E-state index in [9.17, 15) is 0 Å². The summed E-state index contributed by atoms with van der Waals surface area (Å²) in [6, 6.07) is 18.5. The number of thioether (sulfide) groups is 1. The third-order valence-electron chi connectivity index (χ3n) is 3.05. The largest absolute Gasteiger partial charge is 0.377 e. The van der Waals surface area contributed by atoms with Crippen LogP contribution in [0.3, 0.4) is 0 Å². The summed E-state index contributed by atoms with van der Waals surface area (Å²) in [5.74, 6) is 0.930. The summed E-state index contributed by atoms with van der Waals surface area (Å²) in [7, 11) is 0. The zero-order chi connectivity index (χ0) is 15.0. The summed E-state index contributed by atoms with van der Waals surface area (Å²) < 4.78 is 7.98. The van der Waals surface area contributed by atoms with E-state index in [0.717, 1.165) is 22.2 Å². The minimum atomic E-state index is 0.648. The van der Waals surface area contributed by atoms with Gasteiger partial charge in [0.15, 0.2) is 4.34 Å². The minimum absolute atomic E-state index is 0.648. The molecule has 0 radical (unpaired) electrons. The summed E-state index contributed by atoms with van der Waals surface area (Å²) in [6.45, 7) is 1.38. The highest BCUT2D eigenvalue weighted by atomic mass is 32.2. The SMILES string of the molecule is C(=Cc1ccccc1)COCCSc1nc2ccccc2s1. The molecule has 0 aliphatic carbocycles. The molecule has 2 nitrogen and oxygen atoms in total. The molecular formula is C18H17NOS2. The van der Waals surface area contributed by atoms with Crippen molar-refractivity contribution in [1.29, 1.82) is 0 Å². The van der Waals surface area contributed by atoms with Gasteiger partial charge in [-0.3, -0.25) is 0 Å². The Morgan fingerprint density at radius 1 is 1.05 bits per heavy atom.